The van der Waals surface area contributed by atoms with Gasteiger partial charge in [-0.3, -0.25) is 0 Å². The molecule has 0 radical (unpaired) electrons. The molecule has 0 amide bonds. The minimum Gasteiger partial charge on any atom is -0.333 e. The van der Waals surface area contributed by atoms with Crippen molar-refractivity contribution in [2.45, 2.75) is 19.5 Å². The Morgan fingerprint density at radius 3 is 2.93 bits per heavy atom. The van der Waals surface area contributed by atoms with Crippen LogP contribution in [-0.2, 0) is 26.6 Å². The number of hydrogen-bond acceptors (Lipinski definition) is 4. The van der Waals surface area contributed by atoms with E-state index in [1.165, 1.54) is 0 Å². The Kier molecular flexibility index (Phi) is 2.77. The zero-order valence-corrected chi connectivity index (χ0v) is 8.67. The standard InChI is InChI=1S/C9H14N6/c1-14-7-12-13-9(14)2-3-15-6-11-5-8(15)4-10/h5-7H,2-4,10H2,1H3. The van der Waals surface area contributed by atoms with E-state index in [9.17, 15) is 0 Å². The summed E-state index contributed by atoms with van der Waals surface area (Å²) in [7, 11) is 1.94. The van der Waals surface area contributed by atoms with E-state index in [0.717, 1.165) is 24.5 Å². The van der Waals surface area contributed by atoms with Crippen LogP contribution in [0.2, 0.25) is 0 Å². The van der Waals surface area contributed by atoms with Crippen LogP contribution in [0.3, 0.4) is 0 Å². The SMILES string of the molecule is Cn1cnnc1CCn1cncc1CN. The molecule has 2 aromatic rings. The van der Waals surface area contributed by atoms with E-state index in [4.69, 9.17) is 5.73 Å². The summed E-state index contributed by atoms with van der Waals surface area (Å²) in [5.41, 5.74) is 6.62. The molecule has 2 heterocycles. The Labute approximate surface area is 87.8 Å². The van der Waals surface area contributed by atoms with Crippen LogP contribution >= 0.6 is 0 Å². The van der Waals surface area contributed by atoms with Crippen molar-refractivity contribution in [1.82, 2.24) is 24.3 Å². The number of nitrogens with two attached hydrogens (primary N) is 1. The van der Waals surface area contributed by atoms with Gasteiger partial charge >= 0.3 is 0 Å². The van der Waals surface area contributed by atoms with Crippen molar-refractivity contribution >= 4 is 0 Å². The molecule has 80 valence electrons. The van der Waals surface area contributed by atoms with E-state index in [-0.39, 0.29) is 0 Å². The molecular formula is C9H14N6. The van der Waals surface area contributed by atoms with Gasteiger partial charge in [-0.25, -0.2) is 4.98 Å². The highest BCUT2D eigenvalue weighted by atomic mass is 15.2. The number of imidazole rings is 1. The molecule has 0 spiro atoms. The van der Waals surface area contributed by atoms with Crippen molar-refractivity contribution in [2.75, 3.05) is 0 Å². The van der Waals surface area contributed by atoms with Crippen molar-refractivity contribution in [1.29, 1.82) is 0 Å². The van der Waals surface area contributed by atoms with Gasteiger partial charge in [0.25, 0.3) is 0 Å². The molecule has 0 unspecified atom stereocenters. The van der Waals surface area contributed by atoms with E-state index >= 15 is 0 Å². The highest BCUT2D eigenvalue weighted by Crippen LogP contribution is 2.01. The first-order chi connectivity index (χ1) is 7.31. The first-order valence-electron chi connectivity index (χ1n) is 4.83. The van der Waals surface area contributed by atoms with Gasteiger partial charge in [0.05, 0.1) is 12.0 Å². The maximum Gasteiger partial charge on any atom is 0.134 e. The predicted molar refractivity (Wildman–Crippen MR) is 54.8 cm³/mol. The van der Waals surface area contributed by atoms with Crippen molar-refractivity contribution in [3.63, 3.8) is 0 Å². The van der Waals surface area contributed by atoms with Crippen LogP contribution in [0.4, 0.5) is 0 Å². The molecule has 0 aliphatic carbocycles. The first-order valence-corrected chi connectivity index (χ1v) is 4.83. The van der Waals surface area contributed by atoms with E-state index in [1.807, 2.05) is 16.2 Å². The van der Waals surface area contributed by atoms with Gasteiger partial charge < -0.3 is 14.9 Å². The van der Waals surface area contributed by atoms with Gasteiger partial charge in [0.15, 0.2) is 0 Å². The molecule has 2 aromatic heterocycles. The molecular weight excluding hydrogens is 192 g/mol. The highest BCUT2D eigenvalue weighted by molar-refractivity contribution is 4.98. The van der Waals surface area contributed by atoms with Crippen molar-refractivity contribution in [3.8, 4) is 0 Å². The second-order valence-electron chi connectivity index (χ2n) is 3.39. The maximum atomic E-state index is 5.58. The molecule has 2 N–H and O–H groups in total. The lowest BCUT2D eigenvalue weighted by Gasteiger charge is -2.05. The van der Waals surface area contributed by atoms with Crippen LogP contribution in [-0.4, -0.2) is 24.3 Å². The van der Waals surface area contributed by atoms with Crippen molar-refractivity contribution in [2.24, 2.45) is 12.8 Å². The fourth-order valence-corrected chi connectivity index (χ4v) is 1.47. The maximum absolute atomic E-state index is 5.58. The van der Waals surface area contributed by atoms with E-state index < -0.39 is 0 Å². The Hall–Kier alpha value is -1.69. The Bertz CT molecular complexity index is 429. The van der Waals surface area contributed by atoms with Crippen LogP contribution in [0.25, 0.3) is 0 Å². The van der Waals surface area contributed by atoms with Crippen molar-refractivity contribution < 1.29 is 0 Å². The summed E-state index contributed by atoms with van der Waals surface area (Å²) in [6, 6.07) is 0. The molecule has 0 bridgehead atoms. The molecule has 0 atom stereocenters. The lowest BCUT2D eigenvalue weighted by molar-refractivity contribution is 0.625. The molecule has 0 aromatic carbocycles. The molecule has 0 aliphatic heterocycles. The number of rotatable bonds is 4. The predicted octanol–water partition coefficient (Wildman–Crippen LogP) is -0.287. The van der Waals surface area contributed by atoms with Crippen LogP contribution < -0.4 is 5.73 Å². The second kappa shape index (κ2) is 4.22. The Morgan fingerprint density at radius 1 is 1.40 bits per heavy atom. The number of nitrogens with zero attached hydrogens (tertiary/aromatic N) is 5. The van der Waals surface area contributed by atoms with Gasteiger partial charge in [0.2, 0.25) is 0 Å². The number of aromatic nitrogens is 5. The second-order valence-corrected chi connectivity index (χ2v) is 3.39. The topological polar surface area (TPSA) is 74.5 Å². The van der Waals surface area contributed by atoms with Crippen LogP contribution in [0.5, 0.6) is 0 Å². The largest absolute Gasteiger partial charge is 0.333 e. The van der Waals surface area contributed by atoms with Gasteiger partial charge in [-0.1, -0.05) is 0 Å². The van der Waals surface area contributed by atoms with Crippen LogP contribution in [0.1, 0.15) is 11.5 Å². The molecule has 0 saturated heterocycles. The summed E-state index contributed by atoms with van der Waals surface area (Å²) in [5, 5.41) is 7.85. The average Bonchev–Trinajstić information content (AvgIpc) is 2.83. The van der Waals surface area contributed by atoms with E-state index in [0.29, 0.717) is 6.54 Å². The van der Waals surface area contributed by atoms with Gasteiger partial charge in [-0.05, 0) is 0 Å². The zero-order valence-electron chi connectivity index (χ0n) is 8.67. The van der Waals surface area contributed by atoms with E-state index in [1.54, 1.807) is 18.9 Å². The molecule has 0 aliphatic rings. The monoisotopic (exact) mass is 206 g/mol. The van der Waals surface area contributed by atoms with Gasteiger partial charge in [-0.15, -0.1) is 10.2 Å². The summed E-state index contributed by atoms with van der Waals surface area (Å²) in [4.78, 5) is 4.06. The molecule has 0 saturated carbocycles. The zero-order chi connectivity index (χ0) is 10.7. The quantitative estimate of drug-likeness (QED) is 0.746. The number of aryl methyl sites for hydroxylation is 3. The minimum atomic E-state index is 0.513. The van der Waals surface area contributed by atoms with Gasteiger partial charge in [0, 0.05) is 32.8 Å². The molecule has 2 rings (SSSR count). The normalized spacial score (nSPS) is 10.8. The Balaban J connectivity index is 2.02. The molecule has 6 nitrogen and oxygen atoms in total. The summed E-state index contributed by atoms with van der Waals surface area (Å²) in [5.74, 6) is 0.965. The Morgan fingerprint density at radius 2 is 2.27 bits per heavy atom. The smallest absolute Gasteiger partial charge is 0.134 e. The average molecular weight is 206 g/mol. The van der Waals surface area contributed by atoms with Crippen LogP contribution in [0, 0.1) is 0 Å². The number of hydrogen-bond donors (Lipinski definition) is 1. The summed E-state index contributed by atoms with van der Waals surface area (Å²) < 4.78 is 3.95. The lowest BCUT2D eigenvalue weighted by atomic mass is 10.3. The van der Waals surface area contributed by atoms with Crippen LogP contribution in [0.15, 0.2) is 18.9 Å². The highest BCUT2D eigenvalue weighted by Gasteiger charge is 2.03. The fourth-order valence-electron chi connectivity index (χ4n) is 1.47. The van der Waals surface area contributed by atoms with Gasteiger partial charge in [0.1, 0.15) is 12.2 Å². The molecule has 6 heteroatoms. The first kappa shape index (κ1) is 9.85. The molecule has 0 fully saturated rings. The summed E-state index contributed by atoms with van der Waals surface area (Å²) in [6.45, 7) is 1.35. The minimum absolute atomic E-state index is 0.513. The summed E-state index contributed by atoms with van der Waals surface area (Å²) in [6.07, 6.45) is 6.11. The third kappa shape index (κ3) is 2.04. The fraction of sp³-hybridized carbons (Fsp3) is 0.444. The third-order valence-corrected chi connectivity index (χ3v) is 2.39. The van der Waals surface area contributed by atoms with Crippen molar-refractivity contribution in [3.05, 3.63) is 30.4 Å². The van der Waals surface area contributed by atoms with E-state index in [2.05, 4.69) is 15.2 Å². The summed E-state index contributed by atoms with van der Waals surface area (Å²) >= 11 is 0. The third-order valence-electron chi connectivity index (χ3n) is 2.39. The lowest BCUT2D eigenvalue weighted by Crippen LogP contribution is -2.10. The van der Waals surface area contributed by atoms with Gasteiger partial charge in [-0.2, -0.15) is 0 Å². The molecule has 15 heavy (non-hydrogen) atoms.